The Morgan fingerprint density at radius 1 is 1.06 bits per heavy atom. The highest BCUT2D eigenvalue weighted by atomic mass is 32.2. The molecule has 35 heavy (non-hydrogen) atoms. The maximum Gasteiger partial charge on any atom is 0.343 e. The van der Waals surface area contributed by atoms with Gasteiger partial charge in [0, 0.05) is 31.1 Å². The standard InChI is InChI=1S/C27H30N2O5S/c1-29(35(32,33)23-13-6-7-16-28-23)20-10-8-9-19(17-20)24(18-14-15-18)25-26(30)21-11-4-2-3-5-12-22(21)34-27(25)31/h6-10,13,16-18,24,30H,2-5,11-12,14-15H2,1H3. The van der Waals surface area contributed by atoms with Gasteiger partial charge in [0.05, 0.1) is 11.3 Å². The zero-order valence-electron chi connectivity index (χ0n) is 19.8. The molecule has 5 rings (SSSR count). The minimum absolute atomic E-state index is 0.0356. The Hall–Kier alpha value is -3.13. The monoisotopic (exact) mass is 494 g/mol. The first kappa shape index (κ1) is 23.6. The number of anilines is 1. The summed E-state index contributed by atoms with van der Waals surface area (Å²) in [6.45, 7) is 0. The van der Waals surface area contributed by atoms with E-state index in [2.05, 4.69) is 4.98 Å². The van der Waals surface area contributed by atoms with Crippen LogP contribution in [-0.4, -0.2) is 25.6 Å². The van der Waals surface area contributed by atoms with Crippen molar-refractivity contribution < 1.29 is 17.9 Å². The Morgan fingerprint density at radius 2 is 1.83 bits per heavy atom. The molecule has 1 N–H and O–H groups in total. The maximum absolute atomic E-state index is 13.2. The second kappa shape index (κ2) is 9.49. The Kier molecular flexibility index (Phi) is 6.40. The van der Waals surface area contributed by atoms with Crippen molar-refractivity contribution in [3.63, 3.8) is 0 Å². The molecular weight excluding hydrogens is 464 g/mol. The molecular formula is C27H30N2O5S. The minimum Gasteiger partial charge on any atom is -0.507 e. The van der Waals surface area contributed by atoms with Crippen LogP contribution in [0, 0.1) is 5.92 Å². The molecule has 0 aliphatic heterocycles. The number of rotatable bonds is 6. The van der Waals surface area contributed by atoms with Crippen LogP contribution in [0.5, 0.6) is 5.75 Å². The number of aromatic hydroxyl groups is 1. The van der Waals surface area contributed by atoms with Crippen molar-refractivity contribution in [2.75, 3.05) is 11.4 Å². The second-order valence-corrected chi connectivity index (χ2v) is 11.4. The van der Waals surface area contributed by atoms with E-state index >= 15 is 0 Å². The first-order valence-corrected chi connectivity index (χ1v) is 13.7. The predicted molar refractivity (Wildman–Crippen MR) is 133 cm³/mol. The van der Waals surface area contributed by atoms with E-state index in [-0.39, 0.29) is 22.6 Å². The molecule has 1 saturated carbocycles. The van der Waals surface area contributed by atoms with Crippen molar-refractivity contribution >= 4 is 15.7 Å². The highest BCUT2D eigenvalue weighted by molar-refractivity contribution is 7.92. The first-order chi connectivity index (χ1) is 16.9. The van der Waals surface area contributed by atoms with Crippen molar-refractivity contribution in [2.24, 2.45) is 5.92 Å². The van der Waals surface area contributed by atoms with Gasteiger partial charge in [-0.05, 0) is 67.9 Å². The van der Waals surface area contributed by atoms with E-state index in [0.29, 0.717) is 29.9 Å². The molecule has 0 spiro atoms. The molecule has 2 aliphatic carbocycles. The fourth-order valence-electron chi connectivity index (χ4n) is 5.09. The van der Waals surface area contributed by atoms with Gasteiger partial charge in [0.15, 0.2) is 5.03 Å². The summed E-state index contributed by atoms with van der Waals surface area (Å²) in [4.78, 5) is 17.2. The van der Waals surface area contributed by atoms with E-state index < -0.39 is 15.6 Å². The van der Waals surface area contributed by atoms with Crippen LogP contribution in [0.1, 0.15) is 66.9 Å². The van der Waals surface area contributed by atoms with Crippen LogP contribution < -0.4 is 9.93 Å². The molecule has 0 bridgehead atoms. The van der Waals surface area contributed by atoms with E-state index in [1.807, 2.05) is 6.07 Å². The molecule has 2 aromatic heterocycles. The van der Waals surface area contributed by atoms with Gasteiger partial charge in [-0.25, -0.2) is 9.78 Å². The van der Waals surface area contributed by atoms with E-state index in [0.717, 1.165) is 49.7 Å². The number of pyridine rings is 1. The van der Waals surface area contributed by atoms with Gasteiger partial charge in [-0.3, -0.25) is 4.31 Å². The number of hydrogen-bond donors (Lipinski definition) is 1. The van der Waals surface area contributed by atoms with Gasteiger partial charge >= 0.3 is 5.63 Å². The van der Waals surface area contributed by atoms with Gasteiger partial charge in [-0.1, -0.05) is 31.0 Å². The van der Waals surface area contributed by atoms with Gasteiger partial charge in [-0.15, -0.1) is 0 Å². The number of benzene rings is 1. The fraction of sp³-hybridized carbons (Fsp3) is 0.407. The third kappa shape index (κ3) is 4.59. The number of fused-ring (bicyclic) bond motifs is 1. The van der Waals surface area contributed by atoms with Crippen molar-refractivity contribution in [2.45, 2.75) is 62.3 Å². The Bertz CT molecular complexity index is 1380. The van der Waals surface area contributed by atoms with Crippen molar-refractivity contribution in [3.8, 4) is 5.75 Å². The van der Waals surface area contributed by atoms with Gasteiger partial charge < -0.3 is 9.52 Å². The molecule has 2 aliphatic rings. The molecule has 2 heterocycles. The fourth-order valence-corrected chi connectivity index (χ4v) is 6.21. The van der Waals surface area contributed by atoms with Crippen LogP contribution in [0.3, 0.4) is 0 Å². The summed E-state index contributed by atoms with van der Waals surface area (Å²) in [7, 11) is -2.35. The van der Waals surface area contributed by atoms with Gasteiger partial charge in [-0.2, -0.15) is 8.42 Å². The largest absolute Gasteiger partial charge is 0.507 e. The summed E-state index contributed by atoms with van der Waals surface area (Å²) in [5, 5.41) is 11.3. The molecule has 0 radical (unpaired) electrons. The van der Waals surface area contributed by atoms with Crippen molar-refractivity contribution in [1.82, 2.24) is 4.98 Å². The maximum atomic E-state index is 13.2. The van der Waals surface area contributed by atoms with Crippen LogP contribution in [0.4, 0.5) is 5.69 Å². The lowest BCUT2D eigenvalue weighted by atomic mass is 9.85. The molecule has 3 aromatic rings. The minimum atomic E-state index is -3.85. The molecule has 184 valence electrons. The number of nitrogens with zero attached hydrogens (tertiary/aromatic N) is 2. The van der Waals surface area contributed by atoms with Crippen LogP contribution in [0.15, 0.2) is 62.9 Å². The average molecular weight is 495 g/mol. The van der Waals surface area contributed by atoms with Crippen LogP contribution >= 0.6 is 0 Å². The summed E-state index contributed by atoms with van der Waals surface area (Å²) >= 11 is 0. The lowest BCUT2D eigenvalue weighted by molar-refractivity contribution is 0.382. The highest BCUT2D eigenvalue weighted by Crippen LogP contribution is 2.49. The molecule has 7 nitrogen and oxygen atoms in total. The normalized spacial score (nSPS) is 17.2. The zero-order valence-corrected chi connectivity index (χ0v) is 20.6. The van der Waals surface area contributed by atoms with E-state index in [4.69, 9.17) is 4.42 Å². The number of sulfonamides is 1. The smallest absolute Gasteiger partial charge is 0.343 e. The number of aromatic nitrogens is 1. The Balaban J connectivity index is 1.56. The van der Waals surface area contributed by atoms with E-state index in [9.17, 15) is 18.3 Å². The third-order valence-electron chi connectivity index (χ3n) is 7.15. The van der Waals surface area contributed by atoms with E-state index in [1.54, 1.807) is 30.3 Å². The zero-order chi connectivity index (χ0) is 24.6. The number of aryl methyl sites for hydroxylation is 1. The summed E-state index contributed by atoms with van der Waals surface area (Å²) in [6.07, 6.45) is 8.77. The molecule has 1 aromatic carbocycles. The lowest BCUT2D eigenvalue weighted by Gasteiger charge is -2.23. The second-order valence-electron chi connectivity index (χ2n) is 9.52. The molecule has 0 saturated heterocycles. The topological polar surface area (TPSA) is 101 Å². The summed E-state index contributed by atoms with van der Waals surface area (Å²) in [5.41, 5.74) is 1.84. The van der Waals surface area contributed by atoms with Gasteiger partial charge in [0.2, 0.25) is 0 Å². The lowest BCUT2D eigenvalue weighted by Crippen LogP contribution is -2.27. The summed E-state index contributed by atoms with van der Waals surface area (Å²) < 4.78 is 33.2. The summed E-state index contributed by atoms with van der Waals surface area (Å²) in [5.74, 6) is 0.520. The Labute approximate surface area is 205 Å². The Morgan fingerprint density at radius 3 is 2.54 bits per heavy atom. The molecule has 0 amide bonds. The highest BCUT2D eigenvalue weighted by Gasteiger charge is 2.39. The van der Waals surface area contributed by atoms with E-state index in [1.165, 1.54) is 23.6 Å². The quantitative estimate of drug-likeness (QED) is 0.530. The first-order valence-electron chi connectivity index (χ1n) is 12.3. The predicted octanol–water partition coefficient (Wildman–Crippen LogP) is 4.77. The van der Waals surface area contributed by atoms with Gasteiger partial charge in [0.25, 0.3) is 10.0 Å². The molecule has 1 atom stereocenters. The SMILES string of the molecule is CN(c1cccc(C(c2c(O)c3c(oc2=O)CCCCCC3)C2CC2)c1)S(=O)(=O)c1ccccn1. The molecule has 1 unspecified atom stereocenters. The van der Waals surface area contributed by atoms with Crippen LogP contribution in [-0.2, 0) is 22.9 Å². The van der Waals surface area contributed by atoms with Crippen molar-refractivity contribution in [3.05, 3.63) is 81.5 Å². The third-order valence-corrected chi connectivity index (χ3v) is 8.86. The summed E-state index contributed by atoms with van der Waals surface area (Å²) in [6, 6.07) is 12.0. The van der Waals surface area contributed by atoms with Gasteiger partial charge in [0.1, 0.15) is 11.5 Å². The number of hydrogen-bond acceptors (Lipinski definition) is 6. The van der Waals surface area contributed by atoms with Crippen LogP contribution in [0.25, 0.3) is 0 Å². The molecule has 1 fully saturated rings. The van der Waals surface area contributed by atoms with Crippen LogP contribution in [0.2, 0.25) is 0 Å². The molecule has 8 heteroatoms. The average Bonchev–Trinajstić information content (AvgIpc) is 3.68. The van der Waals surface area contributed by atoms with Crippen molar-refractivity contribution in [1.29, 1.82) is 0 Å².